The van der Waals surface area contributed by atoms with Crippen LogP contribution in [0.1, 0.15) is 31.5 Å². The molecule has 0 fully saturated rings. The van der Waals surface area contributed by atoms with Crippen LogP contribution >= 0.6 is 11.3 Å². The Kier molecular flexibility index (Phi) is 5.93. The van der Waals surface area contributed by atoms with Crippen LogP contribution < -0.4 is 10.2 Å². The first-order valence-electron chi connectivity index (χ1n) is 8.26. The maximum Gasteiger partial charge on any atom is 0.283 e. The van der Waals surface area contributed by atoms with Gasteiger partial charge in [-0.25, -0.2) is 14.8 Å². The SMILES string of the molecule is Cc1nc(C)c(C(=O)N/N=C/c2cccc(OCc3ccc(F)cc3)c2)s1. The Bertz CT molecular complexity index is 968. The number of aryl methyl sites for hydroxylation is 2. The molecule has 1 heterocycles. The van der Waals surface area contributed by atoms with Crippen molar-refractivity contribution in [2.75, 3.05) is 0 Å². The van der Waals surface area contributed by atoms with Crippen molar-refractivity contribution in [1.29, 1.82) is 0 Å². The number of hydrogen-bond acceptors (Lipinski definition) is 5. The molecule has 3 rings (SSSR count). The minimum Gasteiger partial charge on any atom is -0.489 e. The highest BCUT2D eigenvalue weighted by Crippen LogP contribution is 2.17. The Balaban J connectivity index is 1.58. The van der Waals surface area contributed by atoms with E-state index in [0.717, 1.165) is 16.1 Å². The van der Waals surface area contributed by atoms with Gasteiger partial charge in [-0.1, -0.05) is 24.3 Å². The lowest BCUT2D eigenvalue weighted by Gasteiger charge is -2.07. The van der Waals surface area contributed by atoms with Gasteiger partial charge in [0.05, 0.1) is 16.9 Å². The standard InChI is InChI=1S/C20H18FN3O2S/c1-13-19(27-14(2)23-13)20(25)24-22-11-16-4-3-5-18(10-16)26-12-15-6-8-17(21)9-7-15/h3-11H,12H2,1-2H3,(H,24,25)/b22-11+. The Labute approximate surface area is 160 Å². The van der Waals surface area contributed by atoms with Crippen molar-refractivity contribution < 1.29 is 13.9 Å². The van der Waals surface area contributed by atoms with Crippen molar-refractivity contribution in [3.63, 3.8) is 0 Å². The molecule has 0 saturated heterocycles. The van der Waals surface area contributed by atoms with E-state index in [1.807, 2.05) is 25.1 Å². The predicted octanol–water partition coefficient (Wildman–Crippen LogP) is 4.24. The van der Waals surface area contributed by atoms with E-state index in [1.54, 1.807) is 31.3 Å². The number of nitrogens with one attached hydrogen (secondary N) is 1. The topological polar surface area (TPSA) is 63.6 Å². The van der Waals surface area contributed by atoms with E-state index in [-0.39, 0.29) is 11.7 Å². The van der Waals surface area contributed by atoms with Crippen molar-refractivity contribution in [3.8, 4) is 5.75 Å². The van der Waals surface area contributed by atoms with Crippen LogP contribution in [0.4, 0.5) is 4.39 Å². The van der Waals surface area contributed by atoms with Crippen LogP contribution in [0.2, 0.25) is 0 Å². The zero-order valence-corrected chi connectivity index (χ0v) is 15.7. The smallest absolute Gasteiger partial charge is 0.283 e. The Morgan fingerprint density at radius 1 is 1.26 bits per heavy atom. The molecule has 0 aliphatic carbocycles. The fourth-order valence-electron chi connectivity index (χ4n) is 2.39. The monoisotopic (exact) mass is 383 g/mol. The maximum atomic E-state index is 12.9. The summed E-state index contributed by atoms with van der Waals surface area (Å²) in [5.41, 5.74) is 4.86. The van der Waals surface area contributed by atoms with Crippen LogP contribution in [0.15, 0.2) is 53.6 Å². The number of amides is 1. The Morgan fingerprint density at radius 2 is 2.04 bits per heavy atom. The summed E-state index contributed by atoms with van der Waals surface area (Å²) in [6.45, 7) is 3.99. The fourth-order valence-corrected chi connectivity index (χ4v) is 3.20. The zero-order chi connectivity index (χ0) is 19.2. The van der Waals surface area contributed by atoms with E-state index >= 15 is 0 Å². The first-order chi connectivity index (χ1) is 13.0. The van der Waals surface area contributed by atoms with Crippen LogP contribution in [-0.2, 0) is 6.61 Å². The van der Waals surface area contributed by atoms with Crippen molar-refractivity contribution >= 4 is 23.5 Å². The number of ether oxygens (including phenoxy) is 1. The number of hydrazone groups is 1. The van der Waals surface area contributed by atoms with Gasteiger partial charge in [-0.05, 0) is 49.2 Å². The van der Waals surface area contributed by atoms with Gasteiger partial charge in [0.15, 0.2) is 0 Å². The average Bonchev–Trinajstić information content (AvgIpc) is 3.00. The highest BCUT2D eigenvalue weighted by molar-refractivity contribution is 7.13. The largest absolute Gasteiger partial charge is 0.489 e. The second kappa shape index (κ2) is 8.55. The summed E-state index contributed by atoms with van der Waals surface area (Å²) in [7, 11) is 0. The lowest BCUT2D eigenvalue weighted by molar-refractivity contribution is 0.0958. The van der Waals surface area contributed by atoms with Crippen molar-refractivity contribution in [1.82, 2.24) is 10.4 Å². The van der Waals surface area contributed by atoms with Gasteiger partial charge in [0.2, 0.25) is 0 Å². The number of hydrogen-bond donors (Lipinski definition) is 1. The summed E-state index contributed by atoms with van der Waals surface area (Å²) in [5.74, 6) is 0.101. The number of rotatable bonds is 6. The van der Waals surface area contributed by atoms with Crippen LogP contribution in [0.5, 0.6) is 5.75 Å². The summed E-state index contributed by atoms with van der Waals surface area (Å²) in [4.78, 5) is 16.9. The van der Waals surface area contributed by atoms with Crippen molar-refractivity contribution in [2.45, 2.75) is 20.5 Å². The van der Waals surface area contributed by atoms with Crippen molar-refractivity contribution in [3.05, 3.63) is 81.1 Å². The number of carbonyl (C=O) groups is 1. The second-order valence-electron chi connectivity index (χ2n) is 5.83. The van der Waals surface area contributed by atoms with E-state index < -0.39 is 0 Å². The summed E-state index contributed by atoms with van der Waals surface area (Å²) in [5, 5.41) is 4.83. The molecule has 0 radical (unpaired) electrons. The maximum absolute atomic E-state index is 12.9. The molecule has 1 aromatic heterocycles. The summed E-state index contributed by atoms with van der Waals surface area (Å²) >= 11 is 1.34. The number of thiazole rings is 1. The van der Waals surface area contributed by atoms with E-state index in [4.69, 9.17) is 4.74 Å². The molecule has 0 unspecified atom stereocenters. The Hall–Kier alpha value is -3.06. The third kappa shape index (κ3) is 5.21. The van der Waals surface area contributed by atoms with Crippen LogP contribution in [0.3, 0.4) is 0 Å². The fraction of sp³-hybridized carbons (Fsp3) is 0.150. The quantitative estimate of drug-likeness (QED) is 0.511. The first-order valence-corrected chi connectivity index (χ1v) is 9.07. The van der Waals surface area contributed by atoms with Gasteiger partial charge >= 0.3 is 0 Å². The number of carbonyl (C=O) groups excluding carboxylic acids is 1. The van der Waals surface area contributed by atoms with Gasteiger partial charge in [-0.3, -0.25) is 4.79 Å². The van der Waals surface area contributed by atoms with Crippen LogP contribution in [-0.4, -0.2) is 17.1 Å². The van der Waals surface area contributed by atoms with Gasteiger partial charge in [0, 0.05) is 0 Å². The molecule has 3 aromatic rings. The minimum absolute atomic E-state index is 0.275. The number of halogens is 1. The van der Waals surface area contributed by atoms with E-state index in [2.05, 4.69) is 15.5 Å². The molecule has 0 saturated carbocycles. The molecule has 0 spiro atoms. The van der Waals surface area contributed by atoms with E-state index in [1.165, 1.54) is 23.5 Å². The molecule has 0 aliphatic heterocycles. The molecule has 1 amide bonds. The highest BCUT2D eigenvalue weighted by Gasteiger charge is 2.12. The Morgan fingerprint density at radius 3 is 2.74 bits per heavy atom. The third-order valence-electron chi connectivity index (χ3n) is 3.67. The molecule has 1 N–H and O–H groups in total. The van der Waals surface area contributed by atoms with Gasteiger partial charge < -0.3 is 4.74 Å². The number of nitrogens with zero attached hydrogens (tertiary/aromatic N) is 2. The summed E-state index contributed by atoms with van der Waals surface area (Å²) < 4.78 is 18.6. The molecule has 5 nitrogen and oxygen atoms in total. The molecule has 0 aliphatic rings. The van der Waals surface area contributed by atoms with Gasteiger partial charge in [-0.15, -0.1) is 11.3 Å². The molecular formula is C20H18FN3O2S. The minimum atomic E-state index is -0.280. The van der Waals surface area contributed by atoms with E-state index in [9.17, 15) is 9.18 Å². The van der Waals surface area contributed by atoms with Gasteiger partial charge in [0.25, 0.3) is 5.91 Å². The van der Waals surface area contributed by atoms with E-state index in [0.29, 0.717) is 22.9 Å². The second-order valence-corrected chi connectivity index (χ2v) is 7.04. The number of aromatic nitrogens is 1. The van der Waals surface area contributed by atoms with Crippen LogP contribution in [0, 0.1) is 19.7 Å². The van der Waals surface area contributed by atoms with Crippen LogP contribution in [0.25, 0.3) is 0 Å². The molecule has 138 valence electrons. The summed E-state index contributed by atoms with van der Waals surface area (Å²) in [6.07, 6.45) is 1.55. The molecular weight excluding hydrogens is 365 g/mol. The lowest BCUT2D eigenvalue weighted by Crippen LogP contribution is -2.17. The molecule has 0 atom stereocenters. The molecule has 2 aromatic carbocycles. The summed E-state index contributed by atoms with van der Waals surface area (Å²) in [6, 6.07) is 13.5. The average molecular weight is 383 g/mol. The lowest BCUT2D eigenvalue weighted by atomic mass is 10.2. The molecule has 7 heteroatoms. The number of benzene rings is 2. The van der Waals surface area contributed by atoms with Gasteiger partial charge in [-0.2, -0.15) is 5.10 Å². The third-order valence-corrected chi connectivity index (χ3v) is 4.74. The predicted molar refractivity (Wildman–Crippen MR) is 104 cm³/mol. The molecule has 27 heavy (non-hydrogen) atoms. The highest BCUT2D eigenvalue weighted by atomic mass is 32.1. The van der Waals surface area contributed by atoms with Gasteiger partial charge in [0.1, 0.15) is 23.1 Å². The van der Waals surface area contributed by atoms with Crippen molar-refractivity contribution in [2.24, 2.45) is 5.10 Å². The molecule has 0 bridgehead atoms. The first kappa shape index (κ1) is 18.7. The normalized spacial score (nSPS) is 10.9. The zero-order valence-electron chi connectivity index (χ0n) is 14.9.